The van der Waals surface area contributed by atoms with E-state index < -0.39 is 0 Å². The molecule has 2 heterocycles. The smallest absolute Gasteiger partial charge is 0.317 e. The number of aromatic nitrogens is 3. The maximum absolute atomic E-state index is 12.5. The van der Waals surface area contributed by atoms with E-state index in [2.05, 4.69) is 22.2 Å². The minimum absolute atomic E-state index is 0.0288. The molecule has 1 saturated carbocycles. The van der Waals surface area contributed by atoms with Crippen molar-refractivity contribution in [1.29, 1.82) is 0 Å². The van der Waals surface area contributed by atoms with Crippen LogP contribution in [0, 0.1) is 5.41 Å². The summed E-state index contributed by atoms with van der Waals surface area (Å²) in [5.41, 5.74) is 1.30. The zero-order valence-corrected chi connectivity index (χ0v) is 14.5. The zero-order chi connectivity index (χ0) is 16.8. The first-order valence-corrected chi connectivity index (χ1v) is 9.23. The lowest BCUT2D eigenvalue weighted by atomic mass is 9.69. The van der Waals surface area contributed by atoms with Gasteiger partial charge in [0.05, 0.1) is 19.3 Å². The van der Waals surface area contributed by atoms with Crippen LogP contribution < -0.4 is 5.32 Å². The van der Waals surface area contributed by atoms with E-state index in [1.54, 1.807) is 10.8 Å². The summed E-state index contributed by atoms with van der Waals surface area (Å²) in [7, 11) is 0. The number of likely N-dealkylation sites (tertiary alicyclic amines) is 1. The summed E-state index contributed by atoms with van der Waals surface area (Å²) in [6.07, 6.45) is 14.0. The minimum atomic E-state index is 0.0288. The molecule has 2 aliphatic rings. The highest BCUT2D eigenvalue weighted by molar-refractivity contribution is 5.74. The van der Waals surface area contributed by atoms with Crippen molar-refractivity contribution < 1.29 is 4.79 Å². The number of carbonyl (C=O) groups is 1. The predicted molar refractivity (Wildman–Crippen MR) is 93.4 cm³/mol. The van der Waals surface area contributed by atoms with Crippen molar-refractivity contribution in [3.05, 3.63) is 24.5 Å². The Morgan fingerprint density at radius 2 is 2.00 bits per heavy atom. The van der Waals surface area contributed by atoms with Gasteiger partial charge in [-0.15, -0.1) is 11.7 Å². The number of nitrogens with zero attached hydrogens (tertiary/aromatic N) is 4. The largest absolute Gasteiger partial charge is 0.332 e. The third-order valence-corrected chi connectivity index (χ3v) is 5.57. The molecule has 0 aromatic carbocycles. The van der Waals surface area contributed by atoms with E-state index in [-0.39, 0.29) is 6.03 Å². The van der Waals surface area contributed by atoms with Gasteiger partial charge in [-0.3, -0.25) is 0 Å². The highest BCUT2D eigenvalue weighted by Gasteiger charge is 2.34. The van der Waals surface area contributed by atoms with E-state index in [1.165, 1.54) is 38.5 Å². The third-order valence-electron chi connectivity index (χ3n) is 5.57. The first kappa shape index (κ1) is 17.0. The van der Waals surface area contributed by atoms with E-state index in [9.17, 15) is 4.79 Å². The molecule has 132 valence electrons. The summed E-state index contributed by atoms with van der Waals surface area (Å²) in [6, 6.07) is 0.0288. The standard InChI is InChI=1S/C18H29N5O/c1-2-11-23-15-16(20-21-23)14-19-17(24)22-12-6-9-18(10-13-22)7-4-3-5-8-18/h2,15H,1,3-14H2,(H,19,24). The van der Waals surface area contributed by atoms with Crippen molar-refractivity contribution in [2.45, 2.75) is 64.5 Å². The van der Waals surface area contributed by atoms with Crippen LogP contribution in [0.1, 0.15) is 57.1 Å². The molecule has 2 fully saturated rings. The van der Waals surface area contributed by atoms with E-state index in [4.69, 9.17) is 0 Å². The molecule has 0 atom stereocenters. The van der Waals surface area contributed by atoms with Gasteiger partial charge in [0.25, 0.3) is 0 Å². The Morgan fingerprint density at radius 3 is 2.79 bits per heavy atom. The fourth-order valence-electron chi connectivity index (χ4n) is 4.18. The lowest BCUT2D eigenvalue weighted by molar-refractivity contribution is 0.157. The van der Waals surface area contributed by atoms with Crippen molar-refractivity contribution in [2.75, 3.05) is 13.1 Å². The molecule has 6 nitrogen and oxygen atoms in total. The second kappa shape index (κ2) is 7.81. The van der Waals surface area contributed by atoms with Crippen LogP contribution in [0.2, 0.25) is 0 Å². The van der Waals surface area contributed by atoms with Gasteiger partial charge in [0.15, 0.2) is 0 Å². The Hall–Kier alpha value is -1.85. The number of rotatable bonds is 4. The lowest BCUT2D eigenvalue weighted by Crippen LogP contribution is -2.40. The van der Waals surface area contributed by atoms with E-state index >= 15 is 0 Å². The first-order valence-electron chi connectivity index (χ1n) is 9.23. The summed E-state index contributed by atoms with van der Waals surface area (Å²) < 4.78 is 1.72. The molecule has 1 N–H and O–H groups in total. The van der Waals surface area contributed by atoms with Crippen molar-refractivity contribution in [1.82, 2.24) is 25.2 Å². The van der Waals surface area contributed by atoms with Crippen molar-refractivity contribution in [3.63, 3.8) is 0 Å². The lowest BCUT2D eigenvalue weighted by Gasteiger charge is -2.36. The van der Waals surface area contributed by atoms with Crippen LogP contribution in [0.25, 0.3) is 0 Å². The Balaban J connectivity index is 1.48. The monoisotopic (exact) mass is 331 g/mol. The van der Waals surface area contributed by atoms with Crippen molar-refractivity contribution in [2.24, 2.45) is 5.41 Å². The molecule has 6 heteroatoms. The number of hydrogen-bond donors (Lipinski definition) is 1. The molecule has 3 rings (SSSR count). The second-order valence-corrected chi connectivity index (χ2v) is 7.28. The summed E-state index contributed by atoms with van der Waals surface area (Å²) in [6.45, 7) is 6.50. The number of nitrogens with one attached hydrogen (secondary N) is 1. The molecule has 0 radical (unpaired) electrons. The average molecular weight is 331 g/mol. The number of hydrogen-bond acceptors (Lipinski definition) is 3. The number of urea groups is 1. The Morgan fingerprint density at radius 1 is 1.21 bits per heavy atom. The predicted octanol–water partition coefficient (Wildman–Crippen LogP) is 3.11. The fourth-order valence-corrected chi connectivity index (χ4v) is 4.18. The average Bonchev–Trinajstić information content (AvgIpc) is 2.95. The van der Waals surface area contributed by atoms with Crippen LogP contribution in [0.4, 0.5) is 4.79 Å². The van der Waals surface area contributed by atoms with Gasteiger partial charge in [-0.25, -0.2) is 9.48 Å². The quantitative estimate of drug-likeness (QED) is 0.862. The summed E-state index contributed by atoms with van der Waals surface area (Å²) in [5, 5.41) is 11.1. The molecule has 1 aliphatic heterocycles. The number of amides is 2. The number of allylic oxidation sites excluding steroid dienone is 1. The second-order valence-electron chi connectivity index (χ2n) is 7.28. The molecule has 0 bridgehead atoms. The van der Waals surface area contributed by atoms with E-state index in [1.807, 2.05) is 11.1 Å². The molecule has 1 saturated heterocycles. The maximum Gasteiger partial charge on any atom is 0.317 e. The fraction of sp³-hybridized carbons (Fsp3) is 0.722. The van der Waals surface area contributed by atoms with Crippen LogP contribution in [0.3, 0.4) is 0 Å². The van der Waals surface area contributed by atoms with Crippen LogP contribution in [0.15, 0.2) is 18.9 Å². The van der Waals surface area contributed by atoms with Crippen molar-refractivity contribution >= 4 is 6.03 Å². The van der Waals surface area contributed by atoms with Gasteiger partial charge in [0.2, 0.25) is 0 Å². The molecular weight excluding hydrogens is 302 g/mol. The molecule has 24 heavy (non-hydrogen) atoms. The van der Waals surface area contributed by atoms with Crippen molar-refractivity contribution in [3.8, 4) is 0 Å². The molecule has 1 spiro atoms. The summed E-state index contributed by atoms with van der Waals surface area (Å²) in [5.74, 6) is 0. The van der Waals surface area contributed by atoms with Crippen LogP contribution in [-0.2, 0) is 13.1 Å². The van der Waals surface area contributed by atoms with Gasteiger partial charge in [0, 0.05) is 13.1 Å². The van der Waals surface area contributed by atoms with Gasteiger partial charge in [0.1, 0.15) is 5.69 Å². The Bertz CT molecular complexity index is 562. The topological polar surface area (TPSA) is 63.1 Å². The molecule has 2 amide bonds. The van der Waals surface area contributed by atoms with Crippen LogP contribution in [-0.4, -0.2) is 39.0 Å². The zero-order valence-electron chi connectivity index (χ0n) is 14.5. The van der Waals surface area contributed by atoms with E-state index in [0.29, 0.717) is 18.5 Å². The molecule has 1 aromatic heterocycles. The normalized spacial score (nSPS) is 20.6. The van der Waals surface area contributed by atoms with E-state index in [0.717, 1.165) is 31.6 Å². The molecule has 0 unspecified atom stereocenters. The SMILES string of the molecule is C=CCn1cc(CNC(=O)N2CCCC3(CCCCC3)CC2)nn1. The molecule has 1 aromatic rings. The first-order chi connectivity index (χ1) is 11.7. The van der Waals surface area contributed by atoms with Gasteiger partial charge >= 0.3 is 6.03 Å². The highest BCUT2D eigenvalue weighted by atomic mass is 16.2. The number of carbonyl (C=O) groups excluding carboxylic acids is 1. The van der Waals surface area contributed by atoms with Crippen LogP contribution in [0.5, 0.6) is 0 Å². The Kier molecular flexibility index (Phi) is 5.53. The third kappa shape index (κ3) is 4.16. The molecule has 1 aliphatic carbocycles. The highest BCUT2D eigenvalue weighted by Crippen LogP contribution is 2.44. The summed E-state index contributed by atoms with van der Waals surface area (Å²) >= 11 is 0. The maximum atomic E-state index is 12.5. The van der Waals surface area contributed by atoms with Gasteiger partial charge in [-0.1, -0.05) is 30.6 Å². The van der Waals surface area contributed by atoms with Gasteiger partial charge in [-0.2, -0.15) is 0 Å². The van der Waals surface area contributed by atoms with Gasteiger partial charge < -0.3 is 10.2 Å². The summed E-state index contributed by atoms with van der Waals surface area (Å²) in [4.78, 5) is 14.5. The minimum Gasteiger partial charge on any atom is -0.332 e. The Labute approximate surface area is 144 Å². The molecular formula is C18H29N5O. The van der Waals surface area contributed by atoms with Crippen LogP contribution >= 0.6 is 0 Å². The van der Waals surface area contributed by atoms with Gasteiger partial charge in [-0.05, 0) is 37.5 Å².